The Labute approximate surface area is 301 Å². The Morgan fingerprint density at radius 2 is 1.50 bits per heavy atom. The number of carbonyl (C=O) groups excluding carboxylic acids is 1. The van der Waals surface area contributed by atoms with E-state index in [0.717, 1.165) is 75.1 Å². The molecule has 2 N–H and O–H groups in total. The third-order valence-electron chi connectivity index (χ3n) is 11.7. The first-order valence-electron chi connectivity index (χ1n) is 19.6. The average molecular weight is 680 g/mol. The van der Waals surface area contributed by atoms with E-state index in [1.165, 1.54) is 69.9 Å². The molecule has 0 spiro atoms. The third kappa shape index (κ3) is 9.15. The predicted octanol–water partition coefficient (Wildman–Crippen LogP) is 7.29. The molecule has 0 radical (unpaired) electrons. The van der Waals surface area contributed by atoms with E-state index in [9.17, 15) is 4.79 Å². The minimum Gasteiger partial charge on any atom is -0.493 e. The number of piperidine rings is 1. The maximum absolute atomic E-state index is 13.4. The Morgan fingerprint density at radius 1 is 0.860 bits per heavy atom. The molecule has 0 bridgehead atoms. The summed E-state index contributed by atoms with van der Waals surface area (Å²) in [6, 6.07) is 23.7. The average Bonchev–Trinajstić information content (AvgIpc) is 3.86. The van der Waals surface area contributed by atoms with Crippen molar-refractivity contribution in [1.29, 1.82) is 0 Å². The number of unbranched alkanes of at least 4 members (excludes halogenated alkanes) is 4. The molecule has 270 valence electrons. The third-order valence-corrected chi connectivity index (χ3v) is 11.7. The first-order chi connectivity index (χ1) is 24.4. The molecule has 2 aliphatic heterocycles. The standard InChI is InChI=1S/C43H61N5O2/c1-34(2)48(40-22-28-47(29-23-40)31-36-30-45-24-20-41(36)50-33-35-18-19-35)26-13-5-3-4-12-25-46-27-21-39(32-46)43(42(44)49,37-14-8-6-9-15-37)38-16-10-7-11-17-38/h6-11,14-17,20,24,30,34-35,39-40H,3-5,12-13,18-19,21-23,25-29,31-33H2,1-2H3,(H2,44,49)/t39-/m1/s1. The summed E-state index contributed by atoms with van der Waals surface area (Å²) in [6.45, 7) is 13.0. The smallest absolute Gasteiger partial charge is 0.232 e. The molecule has 2 aromatic carbocycles. The topological polar surface area (TPSA) is 74.9 Å². The Bertz CT molecular complexity index is 1410. The zero-order chi connectivity index (χ0) is 34.8. The van der Waals surface area contributed by atoms with Crippen molar-refractivity contribution in [3.63, 3.8) is 0 Å². The van der Waals surface area contributed by atoms with Gasteiger partial charge >= 0.3 is 0 Å². The van der Waals surface area contributed by atoms with Crippen LogP contribution < -0.4 is 10.5 Å². The maximum atomic E-state index is 13.4. The normalized spacial score (nSPS) is 19.4. The van der Waals surface area contributed by atoms with E-state index >= 15 is 0 Å². The van der Waals surface area contributed by atoms with E-state index in [0.29, 0.717) is 12.1 Å². The summed E-state index contributed by atoms with van der Waals surface area (Å²) in [4.78, 5) is 25.7. The van der Waals surface area contributed by atoms with Gasteiger partial charge in [-0.2, -0.15) is 0 Å². The fourth-order valence-electron chi connectivity index (χ4n) is 8.75. The predicted molar refractivity (Wildman–Crippen MR) is 203 cm³/mol. The summed E-state index contributed by atoms with van der Waals surface area (Å²) < 4.78 is 6.16. The molecule has 3 aliphatic rings. The molecular formula is C43H61N5O2. The highest BCUT2D eigenvalue weighted by Gasteiger charge is 2.49. The molecule has 7 heteroatoms. The number of rotatable bonds is 19. The second-order valence-electron chi connectivity index (χ2n) is 15.5. The highest BCUT2D eigenvalue weighted by Crippen LogP contribution is 2.43. The number of hydrogen-bond acceptors (Lipinski definition) is 6. The van der Waals surface area contributed by atoms with Gasteiger partial charge in [-0.1, -0.05) is 79.9 Å². The van der Waals surface area contributed by atoms with Gasteiger partial charge in [0.15, 0.2) is 0 Å². The molecule has 1 saturated carbocycles. The van der Waals surface area contributed by atoms with Gasteiger partial charge in [0.1, 0.15) is 11.2 Å². The Hall–Kier alpha value is -3.26. The van der Waals surface area contributed by atoms with Crippen LogP contribution in [-0.4, -0.2) is 83.5 Å². The zero-order valence-corrected chi connectivity index (χ0v) is 30.7. The van der Waals surface area contributed by atoms with Crippen LogP contribution in [0.3, 0.4) is 0 Å². The van der Waals surface area contributed by atoms with Gasteiger partial charge in [-0.3, -0.25) is 19.6 Å². The van der Waals surface area contributed by atoms with E-state index in [-0.39, 0.29) is 11.8 Å². The molecule has 0 unspecified atom stereocenters. The van der Waals surface area contributed by atoms with Crippen LogP contribution in [0.1, 0.15) is 94.7 Å². The lowest BCUT2D eigenvalue weighted by Gasteiger charge is -2.40. The lowest BCUT2D eigenvalue weighted by atomic mass is 9.64. The van der Waals surface area contributed by atoms with Crippen molar-refractivity contribution < 1.29 is 9.53 Å². The molecule has 3 fully saturated rings. The van der Waals surface area contributed by atoms with Crippen LogP contribution in [0.2, 0.25) is 0 Å². The van der Waals surface area contributed by atoms with Crippen LogP contribution in [0.15, 0.2) is 79.1 Å². The molecule has 7 nitrogen and oxygen atoms in total. The minimum absolute atomic E-state index is 0.164. The number of carbonyl (C=O) groups is 1. The fraction of sp³-hybridized carbons (Fsp3) is 0.581. The minimum atomic E-state index is -0.802. The molecule has 50 heavy (non-hydrogen) atoms. The Balaban J connectivity index is 0.905. The molecule has 2 saturated heterocycles. The van der Waals surface area contributed by atoms with Crippen molar-refractivity contribution in [2.45, 2.75) is 102 Å². The largest absolute Gasteiger partial charge is 0.493 e. The fourth-order valence-corrected chi connectivity index (χ4v) is 8.75. The van der Waals surface area contributed by atoms with Crippen molar-refractivity contribution >= 4 is 5.91 Å². The van der Waals surface area contributed by atoms with Crippen molar-refractivity contribution in [3.05, 3.63) is 95.8 Å². The number of nitrogens with zero attached hydrogens (tertiary/aromatic N) is 4. The first-order valence-corrected chi connectivity index (χ1v) is 19.6. The van der Waals surface area contributed by atoms with Crippen LogP contribution in [-0.2, 0) is 16.8 Å². The summed E-state index contributed by atoms with van der Waals surface area (Å²) in [5.74, 6) is 1.71. The quantitative estimate of drug-likeness (QED) is 0.134. The van der Waals surface area contributed by atoms with Gasteiger partial charge in [0.05, 0.1) is 6.61 Å². The molecule has 1 amide bonds. The molecule has 6 rings (SSSR count). The van der Waals surface area contributed by atoms with E-state index in [1.807, 2.05) is 54.9 Å². The lowest BCUT2D eigenvalue weighted by molar-refractivity contribution is -0.123. The number of pyridine rings is 1. The second-order valence-corrected chi connectivity index (χ2v) is 15.5. The number of benzene rings is 2. The van der Waals surface area contributed by atoms with Crippen LogP contribution in [0.5, 0.6) is 5.75 Å². The van der Waals surface area contributed by atoms with Gasteiger partial charge in [0.2, 0.25) is 5.91 Å². The summed E-state index contributed by atoms with van der Waals surface area (Å²) >= 11 is 0. The molecule has 1 aromatic heterocycles. The molecule has 3 heterocycles. The van der Waals surface area contributed by atoms with Crippen LogP contribution >= 0.6 is 0 Å². The van der Waals surface area contributed by atoms with Crippen LogP contribution in [0.4, 0.5) is 0 Å². The summed E-state index contributed by atoms with van der Waals surface area (Å²) in [5.41, 5.74) is 8.76. The maximum Gasteiger partial charge on any atom is 0.232 e. The molecular weight excluding hydrogens is 619 g/mol. The number of hydrogen-bond donors (Lipinski definition) is 1. The number of primary amides is 1. The SMILES string of the molecule is CC(C)N(CCCCCCCN1CC[C@@H](C(C(N)=O)(c2ccccc2)c2ccccc2)C1)C1CCN(Cc2cnccc2OCC2CC2)CC1. The van der Waals surface area contributed by atoms with Gasteiger partial charge in [0, 0.05) is 43.1 Å². The highest BCUT2D eigenvalue weighted by atomic mass is 16.5. The van der Waals surface area contributed by atoms with E-state index in [2.05, 4.69) is 57.8 Å². The van der Waals surface area contributed by atoms with Crippen molar-refractivity contribution in [3.8, 4) is 5.75 Å². The van der Waals surface area contributed by atoms with E-state index in [4.69, 9.17) is 10.5 Å². The van der Waals surface area contributed by atoms with Crippen molar-refractivity contribution in [2.75, 3.05) is 45.9 Å². The molecule has 3 aromatic rings. The molecule has 1 atom stereocenters. The summed E-state index contributed by atoms with van der Waals surface area (Å²) in [6.07, 6.45) is 16.3. The Morgan fingerprint density at radius 3 is 2.14 bits per heavy atom. The summed E-state index contributed by atoms with van der Waals surface area (Å²) in [7, 11) is 0. The number of amides is 1. The Kier molecular flexibility index (Phi) is 13.0. The first kappa shape index (κ1) is 36.5. The number of aromatic nitrogens is 1. The van der Waals surface area contributed by atoms with Gasteiger partial charge in [-0.05, 0) is 121 Å². The van der Waals surface area contributed by atoms with Crippen molar-refractivity contribution in [1.82, 2.24) is 19.7 Å². The van der Waals surface area contributed by atoms with Gasteiger partial charge in [0.25, 0.3) is 0 Å². The second kappa shape index (κ2) is 17.8. The lowest BCUT2D eigenvalue weighted by Crippen LogP contribution is -2.49. The molecule has 1 aliphatic carbocycles. The van der Waals surface area contributed by atoms with E-state index in [1.54, 1.807) is 0 Å². The van der Waals surface area contributed by atoms with Gasteiger partial charge in [-0.15, -0.1) is 0 Å². The van der Waals surface area contributed by atoms with Gasteiger partial charge < -0.3 is 15.4 Å². The van der Waals surface area contributed by atoms with Gasteiger partial charge in [-0.25, -0.2) is 0 Å². The van der Waals surface area contributed by atoms with E-state index < -0.39 is 5.41 Å². The number of nitrogens with two attached hydrogens (primary N) is 1. The van der Waals surface area contributed by atoms with Crippen LogP contribution in [0.25, 0.3) is 0 Å². The van der Waals surface area contributed by atoms with Crippen molar-refractivity contribution in [2.24, 2.45) is 17.6 Å². The summed E-state index contributed by atoms with van der Waals surface area (Å²) in [5, 5.41) is 0. The van der Waals surface area contributed by atoms with Crippen LogP contribution in [0, 0.1) is 11.8 Å². The highest BCUT2D eigenvalue weighted by molar-refractivity contribution is 5.91. The number of likely N-dealkylation sites (tertiary alicyclic amines) is 2. The zero-order valence-electron chi connectivity index (χ0n) is 30.7. The number of ether oxygens (including phenoxy) is 1. The monoisotopic (exact) mass is 679 g/mol.